The van der Waals surface area contributed by atoms with Crippen LogP contribution in [0.3, 0.4) is 0 Å². The Morgan fingerprint density at radius 3 is 2.52 bits per heavy atom. The second-order valence-electron chi connectivity index (χ2n) is 7.52. The lowest BCUT2D eigenvalue weighted by Crippen LogP contribution is -2.32. The number of carbonyl (C=O) groups is 3. The Morgan fingerprint density at radius 2 is 1.85 bits per heavy atom. The molecule has 0 bridgehead atoms. The van der Waals surface area contributed by atoms with Crippen molar-refractivity contribution in [1.29, 1.82) is 0 Å². The highest BCUT2D eigenvalue weighted by Crippen LogP contribution is 2.33. The van der Waals surface area contributed by atoms with Crippen molar-refractivity contribution in [1.82, 2.24) is 5.01 Å². The number of hydrazone groups is 1. The molecule has 0 saturated carbocycles. The van der Waals surface area contributed by atoms with E-state index in [9.17, 15) is 14.4 Å². The quantitative estimate of drug-likeness (QED) is 0.387. The minimum Gasteiger partial charge on any atom is -0.482 e. The standard InChI is InChI=1S/C25H22N2O6/c1-17-4-8-19(9-5-17)21-13-22(23-3-2-12-31-23)27(26-21)24(29)15-33-25(30)16-32-20-10-6-18(14-28)7-11-20/h2-12,14,22H,13,15-16H2,1H3. The predicted octanol–water partition coefficient (Wildman–Crippen LogP) is 3.70. The van der Waals surface area contributed by atoms with Crippen molar-refractivity contribution in [2.75, 3.05) is 13.2 Å². The van der Waals surface area contributed by atoms with E-state index in [1.54, 1.807) is 42.7 Å². The third kappa shape index (κ3) is 5.35. The molecule has 0 radical (unpaired) electrons. The van der Waals surface area contributed by atoms with Crippen molar-refractivity contribution in [2.24, 2.45) is 5.10 Å². The Kier molecular flexibility index (Phi) is 6.64. The highest BCUT2D eigenvalue weighted by molar-refractivity contribution is 6.03. The second-order valence-corrected chi connectivity index (χ2v) is 7.52. The minimum absolute atomic E-state index is 0.368. The van der Waals surface area contributed by atoms with E-state index in [2.05, 4.69) is 5.10 Å². The van der Waals surface area contributed by atoms with Gasteiger partial charge in [-0.05, 0) is 48.9 Å². The van der Waals surface area contributed by atoms with Crippen molar-refractivity contribution in [3.05, 3.63) is 89.4 Å². The number of rotatable bonds is 8. The smallest absolute Gasteiger partial charge is 0.344 e. The van der Waals surface area contributed by atoms with E-state index in [0.29, 0.717) is 29.8 Å². The third-order valence-corrected chi connectivity index (χ3v) is 5.15. The fourth-order valence-corrected chi connectivity index (χ4v) is 3.40. The van der Waals surface area contributed by atoms with Gasteiger partial charge in [-0.1, -0.05) is 29.8 Å². The molecule has 2 aromatic carbocycles. The molecule has 3 aromatic rings. The number of aldehydes is 1. The maximum atomic E-state index is 12.9. The van der Waals surface area contributed by atoms with Gasteiger partial charge >= 0.3 is 5.97 Å². The van der Waals surface area contributed by atoms with E-state index in [-0.39, 0.29) is 6.61 Å². The van der Waals surface area contributed by atoms with Crippen molar-refractivity contribution in [3.63, 3.8) is 0 Å². The van der Waals surface area contributed by atoms with E-state index in [0.717, 1.165) is 16.8 Å². The molecule has 0 aliphatic carbocycles. The van der Waals surface area contributed by atoms with Crippen LogP contribution in [0.5, 0.6) is 5.75 Å². The van der Waals surface area contributed by atoms with Gasteiger partial charge in [-0.15, -0.1) is 0 Å². The molecule has 4 rings (SSSR count). The second kappa shape index (κ2) is 9.95. The van der Waals surface area contributed by atoms with Gasteiger partial charge < -0.3 is 13.9 Å². The van der Waals surface area contributed by atoms with Crippen LogP contribution < -0.4 is 4.74 Å². The maximum Gasteiger partial charge on any atom is 0.344 e. The van der Waals surface area contributed by atoms with Crippen molar-refractivity contribution < 1.29 is 28.3 Å². The van der Waals surface area contributed by atoms with Gasteiger partial charge in [-0.2, -0.15) is 5.10 Å². The van der Waals surface area contributed by atoms with Crippen LogP contribution in [-0.2, 0) is 14.3 Å². The Labute approximate surface area is 190 Å². The summed E-state index contributed by atoms with van der Waals surface area (Å²) in [6.45, 7) is 1.15. The molecule has 8 nitrogen and oxygen atoms in total. The molecule has 1 aliphatic heterocycles. The van der Waals surface area contributed by atoms with Crippen LogP contribution in [-0.4, -0.2) is 42.1 Å². The van der Waals surface area contributed by atoms with Crippen LogP contribution in [0.1, 0.15) is 39.7 Å². The fraction of sp³-hybridized carbons (Fsp3) is 0.200. The summed E-state index contributed by atoms with van der Waals surface area (Å²) in [6, 6.07) is 17.3. The Hall–Kier alpha value is -4.20. The van der Waals surface area contributed by atoms with Crippen molar-refractivity contribution in [3.8, 4) is 5.75 Å². The number of aryl methyl sites for hydroxylation is 1. The zero-order chi connectivity index (χ0) is 23.2. The number of hydrogen-bond donors (Lipinski definition) is 0. The van der Waals surface area contributed by atoms with Crippen LogP contribution in [0.15, 0.2) is 76.4 Å². The Morgan fingerprint density at radius 1 is 1.09 bits per heavy atom. The third-order valence-electron chi connectivity index (χ3n) is 5.15. The number of benzene rings is 2. The molecule has 1 aromatic heterocycles. The lowest BCUT2D eigenvalue weighted by molar-refractivity contribution is -0.154. The first-order valence-electron chi connectivity index (χ1n) is 10.4. The molecular weight excluding hydrogens is 424 g/mol. The van der Waals surface area contributed by atoms with Crippen LogP contribution in [0, 0.1) is 6.92 Å². The number of esters is 1. The fourth-order valence-electron chi connectivity index (χ4n) is 3.40. The normalized spacial score (nSPS) is 15.1. The SMILES string of the molecule is Cc1ccc(C2=NN(C(=O)COC(=O)COc3ccc(C=O)cc3)C(c3ccco3)C2)cc1. The summed E-state index contributed by atoms with van der Waals surface area (Å²) in [5.74, 6) is -0.155. The highest BCUT2D eigenvalue weighted by Gasteiger charge is 2.35. The first-order valence-corrected chi connectivity index (χ1v) is 10.4. The molecule has 33 heavy (non-hydrogen) atoms. The summed E-state index contributed by atoms with van der Waals surface area (Å²) in [4.78, 5) is 35.6. The van der Waals surface area contributed by atoms with E-state index in [4.69, 9.17) is 13.9 Å². The first-order chi connectivity index (χ1) is 16.0. The molecule has 168 valence electrons. The lowest BCUT2D eigenvalue weighted by Gasteiger charge is -2.19. The molecule has 2 heterocycles. The van der Waals surface area contributed by atoms with Gasteiger partial charge in [0.05, 0.1) is 12.0 Å². The summed E-state index contributed by atoms with van der Waals surface area (Å²) in [7, 11) is 0. The maximum absolute atomic E-state index is 12.9. The average Bonchev–Trinajstić information content (AvgIpc) is 3.52. The summed E-state index contributed by atoms with van der Waals surface area (Å²) < 4.78 is 15.9. The Balaban J connectivity index is 1.38. The number of amides is 1. The molecule has 8 heteroatoms. The lowest BCUT2D eigenvalue weighted by atomic mass is 10.0. The summed E-state index contributed by atoms with van der Waals surface area (Å²) in [5, 5.41) is 5.81. The van der Waals surface area contributed by atoms with Gasteiger partial charge in [0, 0.05) is 12.0 Å². The predicted molar refractivity (Wildman–Crippen MR) is 119 cm³/mol. The van der Waals surface area contributed by atoms with Crippen LogP contribution in [0.4, 0.5) is 0 Å². The van der Waals surface area contributed by atoms with E-state index < -0.39 is 24.5 Å². The van der Waals surface area contributed by atoms with E-state index >= 15 is 0 Å². The number of hydrogen-bond acceptors (Lipinski definition) is 7. The van der Waals surface area contributed by atoms with Crippen molar-refractivity contribution >= 4 is 23.9 Å². The van der Waals surface area contributed by atoms with Crippen LogP contribution in [0.25, 0.3) is 0 Å². The summed E-state index contributed by atoms with van der Waals surface area (Å²) in [6.07, 6.45) is 2.74. The van der Waals surface area contributed by atoms with Gasteiger partial charge in [0.15, 0.2) is 13.2 Å². The molecule has 0 saturated heterocycles. The molecule has 0 fully saturated rings. The first kappa shape index (κ1) is 22.0. The molecular formula is C25H22N2O6. The van der Waals surface area contributed by atoms with Crippen LogP contribution >= 0.6 is 0 Å². The summed E-state index contributed by atoms with van der Waals surface area (Å²) in [5.41, 5.74) is 3.29. The molecule has 1 amide bonds. The zero-order valence-corrected chi connectivity index (χ0v) is 18.0. The zero-order valence-electron chi connectivity index (χ0n) is 18.0. The van der Waals surface area contributed by atoms with Gasteiger partial charge in [0.1, 0.15) is 23.8 Å². The van der Waals surface area contributed by atoms with E-state index in [1.807, 2.05) is 31.2 Å². The van der Waals surface area contributed by atoms with Crippen molar-refractivity contribution in [2.45, 2.75) is 19.4 Å². The number of furan rings is 1. The molecule has 1 unspecified atom stereocenters. The van der Waals surface area contributed by atoms with Gasteiger partial charge in [-0.25, -0.2) is 9.80 Å². The number of carbonyl (C=O) groups excluding carboxylic acids is 3. The topological polar surface area (TPSA) is 98.4 Å². The highest BCUT2D eigenvalue weighted by atomic mass is 16.6. The monoisotopic (exact) mass is 446 g/mol. The van der Waals surface area contributed by atoms with Gasteiger partial charge in [-0.3, -0.25) is 9.59 Å². The van der Waals surface area contributed by atoms with Gasteiger partial charge in [0.2, 0.25) is 0 Å². The van der Waals surface area contributed by atoms with Crippen LogP contribution in [0.2, 0.25) is 0 Å². The average molecular weight is 446 g/mol. The minimum atomic E-state index is -0.695. The molecule has 1 atom stereocenters. The molecule has 0 N–H and O–H groups in total. The Bertz CT molecular complexity index is 1150. The van der Waals surface area contributed by atoms with Gasteiger partial charge in [0.25, 0.3) is 5.91 Å². The summed E-state index contributed by atoms with van der Waals surface area (Å²) >= 11 is 0. The number of ether oxygens (including phenoxy) is 2. The molecule has 1 aliphatic rings. The number of nitrogens with zero attached hydrogens (tertiary/aromatic N) is 2. The molecule has 0 spiro atoms. The van der Waals surface area contributed by atoms with E-state index in [1.165, 1.54) is 5.01 Å². The largest absolute Gasteiger partial charge is 0.482 e.